The predicted molar refractivity (Wildman–Crippen MR) is 118 cm³/mol. The van der Waals surface area contributed by atoms with Crippen molar-refractivity contribution in [3.8, 4) is 0 Å². The molecule has 1 aromatic heterocycles. The molecular formula is C24H22ClF4N3O2. The summed E-state index contributed by atoms with van der Waals surface area (Å²) in [6, 6.07) is 1.55. The van der Waals surface area contributed by atoms with Crippen LogP contribution in [0.15, 0.2) is 40.7 Å². The molecule has 1 atom stereocenters. The fourth-order valence-corrected chi connectivity index (χ4v) is 4.65. The van der Waals surface area contributed by atoms with E-state index in [2.05, 4.69) is 15.3 Å². The number of carbonyl (C=O) groups is 1. The molecule has 0 radical (unpaired) electrons. The number of carbonyl (C=O) groups excluding carboxylic acids is 1. The Bertz CT molecular complexity index is 1180. The highest BCUT2D eigenvalue weighted by atomic mass is 35.5. The lowest BCUT2D eigenvalue weighted by Crippen LogP contribution is -2.38. The lowest BCUT2D eigenvalue weighted by molar-refractivity contribution is -0.139. The molecule has 4 rings (SSSR count). The number of pyridine rings is 1. The molecule has 1 unspecified atom stereocenters. The average Bonchev–Trinajstić information content (AvgIpc) is 2.82. The van der Waals surface area contributed by atoms with Gasteiger partial charge in [0.25, 0.3) is 0 Å². The van der Waals surface area contributed by atoms with Crippen molar-refractivity contribution in [2.75, 3.05) is 6.61 Å². The van der Waals surface area contributed by atoms with Gasteiger partial charge in [-0.25, -0.2) is 27.3 Å². The van der Waals surface area contributed by atoms with Crippen LogP contribution in [0.4, 0.5) is 17.6 Å². The maximum atomic E-state index is 14.6. The van der Waals surface area contributed by atoms with Crippen molar-refractivity contribution in [1.29, 1.82) is 0 Å². The number of rotatable bonds is 5. The Balaban J connectivity index is 1.94. The molecule has 0 saturated heterocycles. The molecule has 1 N–H and O–H groups in total. The summed E-state index contributed by atoms with van der Waals surface area (Å²) in [5.74, 6) is -5.17. The van der Waals surface area contributed by atoms with Crippen molar-refractivity contribution in [3.05, 3.63) is 75.2 Å². The van der Waals surface area contributed by atoms with E-state index in [1.165, 1.54) is 6.07 Å². The van der Waals surface area contributed by atoms with Crippen LogP contribution >= 0.6 is 11.6 Å². The van der Waals surface area contributed by atoms with Crippen LogP contribution in [0.2, 0.25) is 5.02 Å². The van der Waals surface area contributed by atoms with Crippen molar-refractivity contribution in [2.24, 2.45) is 10.9 Å². The molecule has 0 amide bonds. The van der Waals surface area contributed by atoms with Crippen LogP contribution < -0.4 is 5.32 Å². The number of aromatic nitrogens is 1. The van der Waals surface area contributed by atoms with Gasteiger partial charge in [0.2, 0.25) is 0 Å². The molecular weight excluding hydrogens is 474 g/mol. The van der Waals surface area contributed by atoms with Crippen LogP contribution in [-0.2, 0) is 9.53 Å². The minimum atomic E-state index is -1.29. The van der Waals surface area contributed by atoms with Gasteiger partial charge >= 0.3 is 5.97 Å². The normalized spacial score (nSPS) is 19.0. The first-order valence-electron chi connectivity index (χ1n) is 11.0. The van der Waals surface area contributed by atoms with Gasteiger partial charge in [-0.3, -0.25) is 4.99 Å². The molecule has 2 aliphatic rings. The van der Waals surface area contributed by atoms with Crippen LogP contribution in [0.25, 0.3) is 0 Å². The molecule has 1 saturated carbocycles. The van der Waals surface area contributed by atoms with Gasteiger partial charge in [-0.1, -0.05) is 36.9 Å². The fourth-order valence-electron chi connectivity index (χ4n) is 4.40. The summed E-state index contributed by atoms with van der Waals surface area (Å²) in [6.45, 7) is 1.71. The van der Waals surface area contributed by atoms with E-state index in [9.17, 15) is 22.4 Å². The lowest BCUT2D eigenvalue weighted by atomic mass is 9.82. The van der Waals surface area contributed by atoms with Gasteiger partial charge in [-0.2, -0.15) is 0 Å². The SMILES string of the molecule is CCOC(=O)C1=C(C2CCCCC2)NC(c2ncc(F)cc2F)=NC1c1ccc(F)c(F)c1Cl. The van der Waals surface area contributed by atoms with Gasteiger partial charge in [0.1, 0.15) is 17.6 Å². The molecule has 2 heterocycles. The average molecular weight is 496 g/mol. The first-order valence-corrected chi connectivity index (χ1v) is 11.4. The predicted octanol–water partition coefficient (Wildman–Crippen LogP) is 5.78. The monoisotopic (exact) mass is 495 g/mol. The number of esters is 1. The van der Waals surface area contributed by atoms with Crippen LogP contribution in [-0.4, -0.2) is 23.4 Å². The first kappa shape index (κ1) is 24.2. The third-order valence-corrected chi connectivity index (χ3v) is 6.36. The van der Waals surface area contributed by atoms with E-state index < -0.39 is 40.3 Å². The second-order valence-corrected chi connectivity index (χ2v) is 8.51. The summed E-state index contributed by atoms with van der Waals surface area (Å²) in [5.41, 5.74) is 0.271. The van der Waals surface area contributed by atoms with Crippen molar-refractivity contribution >= 4 is 23.4 Å². The fraction of sp³-hybridized carbons (Fsp3) is 0.375. The largest absolute Gasteiger partial charge is 0.463 e. The summed E-state index contributed by atoms with van der Waals surface area (Å²) in [5, 5.41) is 2.48. The Morgan fingerprint density at radius 1 is 1.15 bits per heavy atom. The molecule has 1 aliphatic carbocycles. The molecule has 1 aliphatic heterocycles. The minimum Gasteiger partial charge on any atom is -0.463 e. The zero-order chi connectivity index (χ0) is 24.4. The summed E-state index contributed by atoms with van der Waals surface area (Å²) >= 11 is 6.14. The number of allylic oxidation sites excluding steroid dienone is 1. The standard InChI is InChI=1S/C24H22ClF4N3O2/c1-2-34-24(33)17-20(12-6-4-3-5-7-12)31-23(22-16(28)10-13(26)11-30-22)32-21(17)14-8-9-15(27)19(29)18(14)25/h8-12,21H,2-7H2,1H3,(H,31,32). The number of hydrogen-bond acceptors (Lipinski definition) is 5. The summed E-state index contributed by atoms with van der Waals surface area (Å²) in [6.07, 6.45) is 5.20. The van der Waals surface area contributed by atoms with E-state index in [1.54, 1.807) is 6.92 Å². The zero-order valence-corrected chi connectivity index (χ0v) is 19.1. The highest BCUT2D eigenvalue weighted by Gasteiger charge is 2.38. The smallest absolute Gasteiger partial charge is 0.338 e. The molecule has 10 heteroatoms. The maximum absolute atomic E-state index is 14.6. The third-order valence-electron chi connectivity index (χ3n) is 5.98. The van der Waals surface area contributed by atoms with Crippen molar-refractivity contribution in [1.82, 2.24) is 10.3 Å². The van der Waals surface area contributed by atoms with E-state index in [4.69, 9.17) is 16.3 Å². The molecule has 180 valence electrons. The number of halogens is 5. The number of amidine groups is 1. The summed E-state index contributed by atoms with van der Waals surface area (Å²) < 4.78 is 61.6. The van der Waals surface area contributed by atoms with E-state index in [0.29, 0.717) is 11.8 Å². The Kier molecular flexibility index (Phi) is 7.21. The van der Waals surface area contributed by atoms with E-state index in [0.717, 1.165) is 44.4 Å². The highest BCUT2D eigenvalue weighted by Crippen LogP contribution is 2.41. The van der Waals surface area contributed by atoms with Gasteiger partial charge in [0.05, 0.1) is 23.4 Å². The summed E-state index contributed by atoms with van der Waals surface area (Å²) in [7, 11) is 0. The summed E-state index contributed by atoms with van der Waals surface area (Å²) in [4.78, 5) is 21.4. The van der Waals surface area contributed by atoms with Gasteiger partial charge in [0.15, 0.2) is 23.3 Å². The Hall–Kier alpha value is -2.94. The van der Waals surface area contributed by atoms with E-state index in [-0.39, 0.29) is 35.2 Å². The lowest BCUT2D eigenvalue weighted by Gasteiger charge is -2.33. The first-order chi connectivity index (χ1) is 16.3. The topological polar surface area (TPSA) is 63.6 Å². The zero-order valence-electron chi connectivity index (χ0n) is 18.3. The maximum Gasteiger partial charge on any atom is 0.338 e. The van der Waals surface area contributed by atoms with Gasteiger partial charge in [-0.15, -0.1) is 0 Å². The number of nitrogens with zero attached hydrogens (tertiary/aromatic N) is 2. The van der Waals surface area contributed by atoms with Crippen LogP contribution in [0.3, 0.4) is 0 Å². The molecule has 34 heavy (non-hydrogen) atoms. The van der Waals surface area contributed by atoms with E-state index in [1.807, 2.05) is 0 Å². The highest BCUT2D eigenvalue weighted by molar-refractivity contribution is 6.31. The van der Waals surface area contributed by atoms with Gasteiger partial charge < -0.3 is 10.1 Å². The Morgan fingerprint density at radius 2 is 1.88 bits per heavy atom. The van der Waals surface area contributed by atoms with Crippen LogP contribution in [0.5, 0.6) is 0 Å². The Labute approximate surface area is 198 Å². The quantitative estimate of drug-likeness (QED) is 0.324. The molecule has 5 nitrogen and oxygen atoms in total. The minimum absolute atomic E-state index is 0.0125. The molecule has 1 aromatic carbocycles. The second-order valence-electron chi connectivity index (χ2n) is 8.14. The van der Waals surface area contributed by atoms with Crippen LogP contribution in [0.1, 0.15) is 56.3 Å². The number of nitrogens with one attached hydrogen (secondary N) is 1. The van der Waals surface area contributed by atoms with Crippen molar-refractivity contribution in [2.45, 2.75) is 45.1 Å². The molecule has 0 bridgehead atoms. The van der Waals surface area contributed by atoms with Crippen molar-refractivity contribution in [3.63, 3.8) is 0 Å². The molecule has 1 fully saturated rings. The van der Waals surface area contributed by atoms with Gasteiger partial charge in [0, 0.05) is 17.3 Å². The van der Waals surface area contributed by atoms with Gasteiger partial charge in [-0.05, 0) is 31.7 Å². The second kappa shape index (κ2) is 10.1. The molecule has 2 aromatic rings. The number of aliphatic imine (C=N–C) groups is 1. The number of hydrogen-bond donors (Lipinski definition) is 1. The molecule has 0 spiro atoms. The van der Waals surface area contributed by atoms with Crippen molar-refractivity contribution < 1.29 is 27.1 Å². The Morgan fingerprint density at radius 3 is 2.56 bits per heavy atom. The number of ether oxygens (including phenoxy) is 1. The number of benzene rings is 1. The third kappa shape index (κ3) is 4.66. The van der Waals surface area contributed by atoms with E-state index >= 15 is 0 Å². The van der Waals surface area contributed by atoms with Crippen LogP contribution in [0, 0.1) is 29.2 Å².